The molecule has 0 amide bonds. The zero-order valence-electron chi connectivity index (χ0n) is 5.96. The number of hydrogen-bond donors (Lipinski definition) is 2. The van der Waals surface area contributed by atoms with Gasteiger partial charge in [0.05, 0.1) is 12.2 Å². The Morgan fingerprint density at radius 3 is 3.20 bits per heavy atom. The number of hydrogen-bond acceptors (Lipinski definition) is 3. The molecule has 1 heterocycles. The van der Waals surface area contributed by atoms with Crippen LogP contribution in [0.5, 0.6) is 0 Å². The molecule has 0 spiro atoms. The SMILES string of the molecule is C/C(N)=C/C1=CN=CCN1. The zero-order chi connectivity index (χ0) is 7.40. The summed E-state index contributed by atoms with van der Waals surface area (Å²) >= 11 is 0. The Morgan fingerprint density at radius 1 is 1.90 bits per heavy atom. The molecular weight excluding hydrogens is 126 g/mol. The van der Waals surface area contributed by atoms with Crippen LogP contribution in [0.1, 0.15) is 6.92 Å². The monoisotopic (exact) mass is 137 g/mol. The van der Waals surface area contributed by atoms with Gasteiger partial charge in [0, 0.05) is 18.1 Å². The Morgan fingerprint density at radius 2 is 2.70 bits per heavy atom. The first-order valence-electron chi connectivity index (χ1n) is 3.18. The van der Waals surface area contributed by atoms with Gasteiger partial charge in [0.25, 0.3) is 0 Å². The molecule has 0 saturated heterocycles. The number of nitrogens with two attached hydrogens (primary N) is 1. The quantitative estimate of drug-likeness (QED) is 0.548. The van der Waals surface area contributed by atoms with Crippen molar-refractivity contribution in [2.24, 2.45) is 10.7 Å². The molecule has 0 unspecified atom stereocenters. The minimum Gasteiger partial charge on any atom is -0.402 e. The van der Waals surface area contributed by atoms with Gasteiger partial charge >= 0.3 is 0 Å². The Hall–Kier alpha value is -1.25. The maximum absolute atomic E-state index is 5.45. The highest BCUT2D eigenvalue weighted by Gasteiger charge is 1.93. The van der Waals surface area contributed by atoms with Crippen molar-refractivity contribution in [1.82, 2.24) is 5.32 Å². The molecule has 0 aliphatic carbocycles. The minimum absolute atomic E-state index is 0.787. The van der Waals surface area contributed by atoms with Crippen LogP contribution in [0, 0.1) is 0 Å². The molecule has 0 atom stereocenters. The van der Waals surface area contributed by atoms with Gasteiger partial charge in [0.2, 0.25) is 0 Å². The summed E-state index contributed by atoms with van der Waals surface area (Å²) < 4.78 is 0. The van der Waals surface area contributed by atoms with Crippen LogP contribution in [0.2, 0.25) is 0 Å². The van der Waals surface area contributed by atoms with Crippen LogP contribution in [0.25, 0.3) is 0 Å². The fraction of sp³-hybridized carbons (Fsp3) is 0.286. The third-order valence-electron chi connectivity index (χ3n) is 1.10. The fourth-order valence-corrected chi connectivity index (χ4v) is 0.728. The number of aliphatic imine (C=N–C) groups is 1. The summed E-state index contributed by atoms with van der Waals surface area (Å²) in [7, 11) is 0. The first-order valence-corrected chi connectivity index (χ1v) is 3.18. The maximum atomic E-state index is 5.45. The van der Waals surface area contributed by atoms with Crippen LogP contribution in [-0.4, -0.2) is 12.8 Å². The van der Waals surface area contributed by atoms with Crippen molar-refractivity contribution in [2.75, 3.05) is 6.54 Å². The normalized spacial score (nSPS) is 18.1. The average molecular weight is 137 g/mol. The lowest BCUT2D eigenvalue weighted by Gasteiger charge is -2.06. The van der Waals surface area contributed by atoms with Crippen molar-refractivity contribution in [1.29, 1.82) is 0 Å². The molecule has 0 radical (unpaired) electrons. The third kappa shape index (κ3) is 1.93. The van der Waals surface area contributed by atoms with Gasteiger partial charge in [-0.25, -0.2) is 0 Å². The van der Waals surface area contributed by atoms with E-state index in [1.165, 1.54) is 0 Å². The second-order valence-corrected chi connectivity index (χ2v) is 2.19. The Balaban J connectivity index is 2.64. The van der Waals surface area contributed by atoms with E-state index in [9.17, 15) is 0 Å². The summed E-state index contributed by atoms with van der Waals surface area (Å²) in [6.45, 7) is 2.64. The van der Waals surface area contributed by atoms with Gasteiger partial charge in [0.1, 0.15) is 0 Å². The smallest absolute Gasteiger partial charge is 0.0546 e. The van der Waals surface area contributed by atoms with Crippen molar-refractivity contribution in [3.8, 4) is 0 Å². The Kier molecular flexibility index (Phi) is 2.10. The summed E-state index contributed by atoms with van der Waals surface area (Å²) in [6.07, 6.45) is 5.42. The van der Waals surface area contributed by atoms with E-state index >= 15 is 0 Å². The Labute approximate surface area is 60.3 Å². The van der Waals surface area contributed by atoms with Gasteiger partial charge in [-0.05, 0) is 13.0 Å². The van der Waals surface area contributed by atoms with E-state index in [2.05, 4.69) is 10.3 Å². The lowest BCUT2D eigenvalue weighted by Crippen LogP contribution is -2.17. The van der Waals surface area contributed by atoms with Gasteiger partial charge in [-0.15, -0.1) is 0 Å². The molecule has 3 N–H and O–H groups in total. The summed E-state index contributed by atoms with van der Waals surface area (Å²) in [5.41, 5.74) is 7.21. The fourth-order valence-electron chi connectivity index (χ4n) is 0.728. The number of allylic oxidation sites excluding steroid dienone is 2. The predicted molar refractivity (Wildman–Crippen MR) is 42.5 cm³/mol. The highest BCUT2D eigenvalue weighted by molar-refractivity contribution is 5.62. The summed E-state index contributed by atoms with van der Waals surface area (Å²) in [5, 5.41) is 3.11. The highest BCUT2D eigenvalue weighted by Crippen LogP contribution is 1.96. The van der Waals surface area contributed by atoms with E-state index in [0.29, 0.717) is 0 Å². The van der Waals surface area contributed by atoms with E-state index in [0.717, 1.165) is 17.9 Å². The lowest BCUT2D eigenvalue weighted by atomic mass is 10.3. The highest BCUT2D eigenvalue weighted by atomic mass is 14.9. The van der Waals surface area contributed by atoms with Crippen molar-refractivity contribution in [3.05, 3.63) is 23.7 Å². The second kappa shape index (κ2) is 3.06. The van der Waals surface area contributed by atoms with Crippen LogP contribution in [-0.2, 0) is 0 Å². The molecular formula is C7H11N3. The molecule has 0 aromatic heterocycles. The van der Waals surface area contributed by atoms with E-state index in [1.807, 2.05) is 19.2 Å². The first-order chi connectivity index (χ1) is 4.79. The molecule has 1 aliphatic rings. The van der Waals surface area contributed by atoms with Crippen LogP contribution in [0.15, 0.2) is 28.7 Å². The van der Waals surface area contributed by atoms with E-state index in [4.69, 9.17) is 5.73 Å². The van der Waals surface area contributed by atoms with Crippen molar-refractivity contribution in [3.63, 3.8) is 0 Å². The summed E-state index contributed by atoms with van der Waals surface area (Å²) in [6, 6.07) is 0. The van der Waals surface area contributed by atoms with Gasteiger partial charge in [-0.3, -0.25) is 4.99 Å². The molecule has 3 nitrogen and oxygen atoms in total. The van der Waals surface area contributed by atoms with Crippen molar-refractivity contribution >= 4 is 6.21 Å². The van der Waals surface area contributed by atoms with E-state index in [1.54, 1.807) is 6.20 Å². The molecule has 1 aliphatic heterocycles. The molecule has 54 valence electrons. The van der Waals surface area contributed by atoms with Gasteiger partial charge in [0.15, 0.2) is 0 Å². The van der Waals surface area contributed by atoms with E-state index < -0.39 is 0 Å². The summed E-state index contributed by atoms with van der Waals surface area (Å²) in [4.78, 5) is 3.96. The largest absolute Gasteiger partial charge is 0.402 e. The first kappa shape index (κ1) is 6.86. The van der Waals surface area contributed by atoms with E-state index in [-0.39, 0.29) is 0 Å². The van der Waals surface area contributed by atoms with Gasteiger partial charge < -0.3 is 11.1 Å². The third-order valence-corrected chi connectivity index (χ3v) is 1.10. The van der Waals surface area contributed by atoms with Crippen LogP contribution in [0.3, 0.4) is 0 Å². The topological polar surface area (TPSA) is 50.4 Å². The number of nitrogens with zero attached hydrogens (tertiary/aromatic N) is 1. The average Bonchev–Trinajstić information content (AvgIpc) is 1.88. The molecule has 0 bridgehead atoms. The number of nitrogens with one attached hydrogen (secondary N) is 1. The van der Waals surface area contributed by atoms with Crippen LogP contribution >= 0.6 is 0 Å². The maximum Gasteiger partial charge on any atom is 0.0546 e. The molecule has 0 aromatic rings. The van der Waals surface area contributed by atoms with Crippen molar-refractivity contribution < 1.29 is 0 Å². The second-order valence-electron chi connectivity index (χ2n) is 2.19. The molecule has 0 fully saturated rings. The molecule has 1 rings (SSSR count). The van der Waals surface area contributed by atoms with Gasteiger partial charge in [-0.1, -0.05) is 0 Å². The summed E-state index contributed by atoms with van der Waals surface area (Å²) in [5.74, 6) is 0. The van der Waals surface area contributed by atoms with Crippen LogP contribution in [0.4, 0.5) is 0 Å². The lowest BCUT2D eigenvalue weighted by molar-refractivity contribution is 0.942. The minimum atomic E-state index is 0.787. The molecule has 3 heteroatoms. The number of rotatable bonds is 1. The zero-order valence-corrected chi connectivity index (χ0v) is 5.96. The predicted octanol–water partition coefficient (Wildman–Crippen LogP) is 0.364. The molecule has 0 saturated carbocycles. The molecule has 10 heavy (non-hydrogen) atoms. The van der Waals surface area contributed by atoms with Crippen LogP contribution < -0.4 is 11.1 Å². The van der Waals surface area contributed by atoms with Crippen molar-refractivity contribution in [2.45, 2.75) is 6.92 Å². The Bertz CT molecular complexity index is 194. The standard InChI is InChI=1S/C7H11N3/c1-6(8)4-7-5-9-2-3-10-7/h2,4-5,10H,3,8H2,1H3/b6-4-. The van der Waals surface area contributed by atoms with Gasteiger partial charge in [-0.2, -0.15) is 0 Å². The molecule has 0 aromatic carbocycles.